The van der Waals surface area contributed by atoms with Crippen molar-refractivity contribution in [2.45, 2.75) is 26.3 Å². The lowest BCUT2D eigenvalue weighted by atomic mass is 10.0. The van der Waals surface area contributed by atoms with Crippen molar-refractivity contribution >= 4 is 0 Å². The minimum absolute atomic E-state index is 0.0250. The summed E-state index contributed by atoms with van der Waals surface area (Å²) in [7, 11) is 3.12. The molecule has 0 aromatic heterocycles. The first-order valence-electron chi connectivity index (χ1n) is 5.20. The maximum atomic E-state index is 10.0. The van der Waals surface area contributed by atoms with Gasteiger partial charge in [-0.25, -0.2) is 0 Å². The van der Waals surface area contributed by atoms with Crippen molar-refractivity contribution in [1.82, 2.24) is 0 Å². The Morgan fingerprint density at radius 1 is 1.38 bits per heavy atom. The van der Waals surface area contributed by atoms with Crippen LogP contribution < -0.4 is 15.2 Å². The standard InChI is InChI=1S/C12H19NO3/c1-7(13)5-9-6-10(15-3)8(2)12(16-4)11(9)14/h6-7,14H,5,13H2,1-4H3. The number of ether oxygens (including phenoxy) is 2. The maximum Gasteiger partial charge on any atom is 0.167 e. The van der Waals surface area contributed by atoms with Crippen LogP contribution in [0, 0.1) is 6.92 Å². The van der Waals surface area contributed by atoms with E-state index in [1.165, 1.54) is 7.11 Å². The van der Waals surface area contributed by atoms with Gasteiger partial charge in [-0.15, -0.1) is 0 Å². The van der Waals surface area contributed by atoms with Crippen LogP contribution in [0.4, 0.5) is 0 Å². The third-order valence-electron chi connectivity index (χ3n) is 2.50. The van der Waals surface area contributed by atoms with Crippen LogP contribution in [0.1, 0.15) is 18.1 Å². The van der Waals surface area contributed by atoms with E-state index in [2.05, 4.69) is 0 Å². The van der Waals surface area contributed by atoms with Gasteiger partial charge in [0.25, 0.3) is 0 Å². The predicted octanol–water partition coefficient (Wildman–Crippen LogP) is 1.61. The highest BCUT2D eigenvalue weighted by atomic mass is 16.5. The SMILES string of the molecule is COc1cc(CC(C)N)c(O)c(OC)c1C. The van der Waals surface area contributed by atoms with E-state index in [1.807, 2.05) is 13.8 Å². The van der Waals surface area contributed by atoms with E-state index in [9.17, 15) is 5.11 Å². The summed E-state index contributed by atoms with van der Waals surface area (Å²) in [5, 5.41) is 10.0. The molecule has 0 saturated heterocycles. The molecule has 0 aliphatic heterocycles. The number of phenols is 1. The van der Waals surface area contributed by atoms with Gasteiger partial charge in [-0.2, -0.15) is 0 Å². The van der Waals surface area contributed by atoms with Crippen molar-refractivity contribution in [2.75, 3.05) is 14.2 Å². The van der Waals surface area contributed by atoms with Crippen LogP contribution in [0.15, 0.2) is 6.07 Å². The topological polar surface area (TPSA) is 64.7 Å². The van der Waals surface area contributed by atoms with Crippen LogP contribution in [0.25, 0.3) is 0 Å². The summed E-state index contributed by atoms with van der Waals surface area (Å²) in [5.74, 6) is 1.30. The second kappa shape index (κ2) is 5.07. The maximum absolute atomic E-state index is 10.0. The number of nitrogens with two attached hydrogens (primary N) is 1. The average Bonchev–Trinajstić information content (AvgIpc) is 2.22. The average molecular weight is 225 g/mol. The molecule has 1 aromatic carbocycles. The molecule has 3 N–H and O–H groups in total. The quantitative estimate of drug-likeness (QED) is 0.817. The van der Waals surface area contributed by atoms with Crippen molar-refractivity contribution in [3.8, 4) is 17.2 Å². The van der Waals surface area contributed by atoms with Gasteiger partial charge < -0.3 is 20.3 Å². The van der Waals surface area contributed by atoms with Crippen LogP contribution in [-0.4, -0.2) is 25.4 Å². The van der Waals surface area contributed by atoms with E-state index in [0.29, 0.717) is 17.9 Å². The van der Waals surface area contributed by atoms with Crippen LogP contribution >= 0.6 is 0 Å². The predicted molar refractivity (Wildman–Crippen MR) is 63.3 cm³/mol. The fourth-order valence-corrected chi connectivity index (χ4v) is 1.73. The third kappa shape index (κ3) is 2.39. The van der Waals surface area contributed by atoms with Gasteiger partial charge in [-0.05, 0) is 26.3 Å². The molecule has 0 radical (unpaired) electrons. The monoisotopic (exact) mass is 225 g/mol. The van der Waals surface area contributed by atoms with Crippen molar-refractivity contribution < 1.29 is 14.6 Å². The van der Waals surface area contributed by atoms with Gasteiger partial charge in [-0.1, -0.05) is 0 Å². The molecule has 0 bridgehead atoms. The van der Waals surface area contributed by atoms with Gasteiger partial charge in [0.2, 0.25) is 0 Å². The number of methoxy groups -OCH3 is 2. The molecule has 1 atom stereocenters. The summed E-state index contributed by atoms with van der Waals surface area (Å²) in [6.45, 7) is 3.73. The van der Waals surface area contributed by atoms with E-state index >= 15 is 0 Å². The Labute approximate surface area is 96.0 Å². The summed E-state index contributed by atoms with van der Waals surface area (Å²) < 4.78 is 10.4. The molecule has 0 aliphatic rings. The zero-order valence-electron chi connectivity index (χ0n) is 10.2. The molecule has 0 heterocycles. The van der Waals surface area contributed by atoms with Crippen molar-refractivity contribution in [1.29, 1.82) is 0 Å². The Hall–Kier alpha value is -1.42. The molecule has 0 aliphatic carbocycles. The fraction of sp³-hybridized carbons (Fsp3) is 0.500. The zero-order chi connectivity index (χ0) is 12.3. The van der Waals surface area contributed by atoms with Gasteiger partial charge >= 0.3 is 0 Å². The molecule has 0 amide bonds. The minimum atomic E-state index is -0.0250. The molecular weight excluding hydrogens is 206 g/mol. The molecule has 1 aromatic rings. The first-order chi connectivity index (χ1) is 7.51. The summed E-state index contributed by atoms with van der Waals surface area (Å²) in [6.07, 6.45) is 0.582. The summed E-state index contributed by atoms with van der Waals surface area (Å²) in [6, 6.07) is 1.78. The fourth-order valence-electron chi connectivity index (χ4n) is 1.73. The Morgan fingerprint density at radius 3 is 2.44 bits per heavy atom. The van der Waals surface area contributed by atoms with Crippen molar-refractivity contribution in [3.63, 3.8) is 0 Å². The third-order valence-corrected chi connectivity index (χ3v) is 2.50. The lowest BCUT2D eigenvalue weighted by molar-refractivity contribution is 0.356. The first-order valence-corrected chi connectivity index (χ1v) is 5.20. The lowest BCUT2D eigenvalue weighted by Gasteiger charge is -2.16. The van der Waals surface area contributed by atoms with Gasteiger partial charge in [0.05, 0.1) is 14.2 Å². The van der Waals surface area contributed by atoms with Crippen LogP contribution in [-0.2, 0) is 6.42 Å². The van der Waals surface area contributed by atoms with E-state index in [1.54, 1.807) is 13.2 Å². The first kappa shape index (κ1) is 12.6. The summed E-state index contributed by atoms with van der Waals surface area (Å²) >= 11 is 0. The van der Waals surface area contributed by atoms with E-state index in [0.717, 1.165) is 11.1 Å². The Kier molecular flexibility index (Phi) is 4.01. The Bertz CT molecular complexity index is 375. The zero-order valence-corrected chi connectivity index (χ0v) is 10.2. The molecule has 1 rings (SSSR count). The molecule has 90 valence electrons. The highest BCUT2D eigenvalue weighted by Crippen LogP contribution is 2.39. The van der Waals surface area contributed by atoms with Crippen LogP contribution in [0.3, 0.4) is 0 Å². The highest BCUT2D eigenvalue weighted by molar-refractivity contribution is 5.57. The molecular formula is C12H19NO3. The second-order valence-corrected chi connectivity index (χ2v) is 3.93. The molecule has 4 heteroatoms. The molecule has 0 spiro atoms. The number of phenolic OH excluding ortho intramolecular Hbond substituents is 1. The van der Waals surface area contributed by atoms with Gasteiger partial charge in [0.1, 0.15) is 5.75 Å². The highest BCUT2D eigenvalue weighted by Gasteiger charge is 2.16. The van der Waals surface area contributed by atoms with Crippen molar-refractivity contribution in [2.24, 2.45) is 5.73 Å². The smallest absolute Gasteiger partial charge is 0.167 e. The van der Waals surface area contributed by atoms with Crippen LogP contribution in [0.5, 0.6) is 17.2 Å². The van der Waals surface area contributed by atoms with E-state index < -0.39 is 0 Å². The number of hydrogen-bond donors (Lipinski definition) is 2. The number of rotatable bonds is 4. The number of aromatic hydroxyl groups is 1. The van der Waals surface area contributed by atoms with E-state index in [-0.39, 0.29) is 11.8 Å². The lowest BCUT2D eigenvalue weighted by Crippen LogP contribution is -2.18. The summed E-state index contributed by atoms with van der Waals surface area (Å²) in [5.41, 5.74) is 7.25. The van der Waals surface area contributed by atoms with E-state index in [4.69, 9.17) is 15.2 Å². The van der Waals surface area contributed by atoms with Gasteiger partial charge in [-0.3, -0.25) is 0 Å². The number of benzene rings is 1. The summed E-state index contributed by atoms with van der Waals surface area (Å²) in [4.78, 5) is 0. The van der Waals surface area contributed by atoms with Crippen molar-refractivity contribution in [3.05, 3.63) is 17.2 Å². The molecule has 16 heavy (non-hydrogen) atoms. The molecule has 0 saturated carbocycles. The molecule has 1 unspecified atom stereocenters. The normalized spacial score (nSPS) is 12.3. The minimum Gasteiger partial charge on any atom is -0.504 e. The van der Waals surface area contributed by atoms with Gasteiger partial charge in [0, 0.05) is 17.2 Å². The molecule has 0 fully saturated rings. The van der Waals surface area contributed by atoms with Gasteiger partial charge in [0.15, 0.2) is 11.5 Å². The largest absolute Gasteiger partial charge is 0.504 e. The molecule has 4 nitrogen and oxygen atoms in total. The number of hydrogen-bond acceptors (Lipinski definition) is 4. The Balaban J connectivity index is 3.28. The second-order valence-electron chi connectivity index (χ2n) is 3.93. The van der Waals surface area contributed by atoms with Crippen LogP contribution in [0.2, 0.25) is 0 Å². The Morgan fingerprint density at radius 2 is 2.00 bits per heavy atom.